The molecule has 0 aliphatic heterocycles. The molecule has 0 saturated carbocycles. The van der Waals surface area contributed by atoms with E-state index in [4.69, 9.17) is 13.9 Å². The first-order valence-electron chi connectivity index (χ1n) is 4.52. The summed E-state index contributed by atoms with van der Waals surface area (Å²) in [6, 6.07) is 0. The third-order valence-corrected chi connectivity index (χ3v) is 0.949. The molecule has 3 nitrogen and oxygen atoms in total. The van der Waals surface area contributed by atoms with Crippen LogP contribution >= 0.6 is 0 Å². The summed E-state index contributed by atoms with van der Waals surface area (Å²) in [6.45, 7) is 12.5. The zero-order chi connectivity index (χ0) is 12.4. The second-order valence-electron chi connectivity index (χ2n) is 5.44. The summed E-state index contributed by atoms with van der Waals surface area (Å²) in [5.41, 5.74) is 0.194. The van der Waals surface area contributed by atoms with Crippen molar-refractivity contribution in [2.45, 2.75) is 41.5 Å². The molecular weight excluding hydrogens is 255 g/mol. The number of aliphatic hydroxyl groups is 2. The van der Waals surface area contributed by atoms with E-state index in [9.17, 15) is 0 Å². The van der Waals surface area contributed by atoms with Crippen LogP contribution in [0, 0.1) is 10.8 Å². The number of hydrogen-bond donors (Lipinski definition) is 2. The van der Waals surface area contributed by atoms with Gasteiger partial charge in [0.25, 0.3) is 0 Å². The molecule has 0 bridgehead atoms. The maximum absolute atomic E-state index is 8.40. The zero-order valence-corrected chi connectivity index (χ0v) is 12.7. The van der Waals surface area contributed by atoms with Gasteiger partial charge in [-0.25, -0.2) is 0 Å². The fourth-order valence-electron chi connectivity index (χ4n) is 0. The summed E-state index contributed by atoms with van der Waals surface area (Å²) in [6.07, 6.45) is 0. The SMILES string of the molecule is CC(C)(C)CO.CC(C)(C)CO.[Cl-].[O]=[V]. The van der Waals surface area contributed by atoms with E-state index in [0.29, 0.717) is 0 Å². The minimum atomic E-state index is 0. The predicted molar refractivity (Wildman–Crippen MR) is 53.8 cm³/mol. The molecule has 0 amide bonds. The summed E-state index contributed by atoms with van der Waals surface area (Å²) in [4.78, 5) is 0. The van der Waals surface area contributed by atoms with Crippen molar-refractivity contribution in [2.75, 3.05) is 13.2 Å². The Labute approximate surface area is 109 Å². The second-order valence-corrected chi connectivity index (χ2v) is 5.44. The summed E-state index contributed by atoms with van der Waals surface area (Å²) in [7, 11) is 0. The molecule has 0 radical (unpaired) electrons. The molecular formula is C10H24ClO3V-. The van der Waals surface area contributed by atoms with Crippen molar-refractivity contribution in [3.05, 3.63) is 0 Å². The van der Waals surface area contributed by atoms with Gasteiger partial charge in [0.05, 0.1) is 0 Å². The van der Waals surface area contributed by atoms with E-state index in [1.54, 1.807) is 0 Å². The molecule has 0 spiro atoms. The minimum absolute atomic E-state index is 0. The summed E-state index contributed by atoms with van der Waals surface area (Å²) in [5, 5.41) is 16.8. The maximum atomic E-state index is 8.40. The van der Waals surface area contributed by atoms with Gasteiger partial charge in [0.2, 0.25) is 0 Å². The van der Waals surface area contributed by atoms with Gasteiger partial charge in [-0.15, -0.1) is 0 Å². The molecule has 95 valence electrons. The first kappa shape index (κ1) is 24.7. The van der Waals surface area contributed by atoms with Crippen LogP contribution in [0.25, 0.3) is 0 Å². The van der Waals surface area contributed by atoms with Crippen molar-refractivity contribution in [3.8, 4) is 0 Å². The van der Waals surface area contributed by atoms with Gasteiger partial charge >= 0.3 is 21.0 Å². The van der Waals surface area contributed by atoms with Crippen LogP contribution in [-0.2, 0) is 21.0 Å². The Morgan fingerprint density at radius 1 is 0.800 bits per heavy atom. The monoisotopic (exact) mass is 278 g/mol. The van der Waals surface area contributed by atoms with E-state index >= 15 is 0 Å². The fraction of sp³-hybridized carbons (Fsp3) is 1.00. The van der Waals surface area contributed by atoms with E-state index in [1.165, 1.54) is 0 Å². The fourth-order valence-corrected chi connectivity index (χ4v) is 0. The molecule has 15 heavy (non-hydrogen) atoms. The second kappa shape index (κ2) is 12.7. The molecule has 0 aliphatic carbocycles. The van der Waals surface area contributed by atoms with Crippen LogP contribution in [0.1, 0.15) is 41.5 Å². The van der Waals surface area contributed by atoms with Crippen molar-refractivity contribution in [2.24, 2.45) is 10.8 Å². The molecule has 0 aromatic heterocycles. The molecule has 0 heterocycles. The van der Waals surface area contributed by atoms with Gasteiger partial charge in [0.1, 0.15) is 0 Å². The normalized spacial score (nSPS) is 9.80. The third kappa shape index (κ3) is 53.2. The summed E-state index contributed by atoms with van der Waals surface area (Å²) >= 11 is 1.06. The van der Waals surface area contributed by atoms with Crippen molar-refractivity contribution in [1.82, 2.24) is 0 Å². The number of hydrogen-bond acceptors (Lipinski definition) is 3. The Bertz CT molecular complexity index is 105. The van der Waals surface area contributed by atoms with Crippen molar-refractivity contribution < 1.29 is 43.7 Å². The average Bonchev–Trinajstić information content (AvgIpc) is 2.07. The first-order valence-corrected chi connectivity index (χ1v) is 5.09. The van der Waals surface area contributed by atoms with Crippen LogP contribution in [0.5, 0.6) is 0 Å². The van der Waals surface area contributed by atoms with Crippen LogP contribution in [-0.4, -0.2) is 23.4 Å². The van der Waals surface area contributed by atoms with E-state index in [0.717, 1.165) is 17.4 Å². The number of aliphatic hydroxyl groups excluding tert-OH is 2. The van der Waals surface area contributed by atoms with Gasteiger partial charge in [0, 0.05) is 13.2 Å². The van der Waals surface area contributed by atoms with Crippen LogP contribution in [0.2, 0.25) is 0 Å². The molecule has 2 N–H and O–H groups in total. The predicted octanol–water partition coefficient (Wildman–Crippen LogP) is -1.07. The molecule has 0 aromatic rings. The standard InChI is InChI=1S/2C5H12O.ClH.O.V/c2*1-5(2,3)4-6;;;/h2*6H,4H2,1-3H3;1H;;/p-1. The Kier molecular flexibility index (Phi) is 20.9. The van der Waals surface area contributed by atoms with Gasteiger partial charge in [-0.05, 0) is 10.8 Å². The van der Waals surface area contributed by atoms with E-state index < -0.39 is 0 Å². The van der Waals surface area contributed by atoms with Crippen LogP contribution in [0.15, 0.2) is 0 Å². The van der Waals surface area contributed by atoms with E-state index in [1.807, 2.05) is 41.5 Å². The quantitative estimate of drug-likeness (QED) is 0.593. The van der Waals surface area contributed by atoms with Crippen LogP contribution < -0.4 is 12.4 Å². The van der Waals surface area contributed by atoms with E-state index in [-0.39, 0.29) is 36.5 Å². The topological polar surface area (TPSA) is 57.5 Å². The Hall–Kier alpha value is 0.594. The molecule has 0 saturated heterocycles. The Morgan fingerprint density at radius 3 is 0.867 bits per heavy atom. The summed E-state index contributed by atoms with van der Waals surface area (Å²) in [5.74, 6) is 0. The number of rotatable bonds is 0. The average molecular weight is 279 g/mol. The molecule has 0 fully saturated rings. The van der Waals surface area contributed by atoms with Gasteiger partial charge < -0.3 is 22.6 Å². The van der Waals surface area contributed by atoms with Gasteiger partial charge in [-0.2, -0.15) is 0 Å². The van der Waals surface area contributed by atoms with Crippen molar-refractivity contribution in [1.29, 1.82) is 0 Å². The molecule has 0 rings (SSSR count). The van der Waals surface area contributed by atoms with E-state index in [2.05, 4.69) is 0 Å². The first-order chi connectivity index (χ1) is 6.12. The van der Waals surface area contributed by atoms with Crippen molar-refractivity contribution in [3.63, 3.8) is 0 Å². The molecule has 0 atom stereocenters. The van der Waals surface area contributed by atoms with Gasteiger partial charge in [-0.3, -0.25) is 0 Å². The molecule has 5 heteroatoms. The van der Waals surface area contributed by atoms with Crippen molar-refractivity contribution >= 4 is 0 Å². The Balaban J connectivity index is -0.0000000653. The molecule has 0 aromatic carbocycles. The number of halogens is 1. The molecule has 0 unspecified atom stereocenters. The van der Waals surface area contributed by atoms with Gasteiger partial charge in [0.15, 0.2) is 0 Å². The van der Waals surface area contributed by atoms with Crippen LogP contribution in [0.3, 0.4) is 0 Å². The van der Waals surface area contributed by atoms with Crippen LogP contribution in [0.4, 0.5) is 0 Å². The van der Waals surface area contributed by atoms with Gasteiger partial charge in [-0.1, -0.05) is 41.5 Å². The third-order valence-electron chi connectivity index (χ3n) is 0.949. The Morgan fingerprint density at radius 2 is 0.867 bits per heavy atom. The summed E-state index contributed by atoms with van der Waals surface area (Å²) < 4.78 is 8.19. The molecule has 0 aliphatic rings. The zero-order valence-electron chi connectivity index (χ0n) is 10.5.